The van der Waals surface area contributed by atoms with Gasteiger partial charge in [0.15, 0.2) is 6.61 Å². The van der Waals surface area contributed by atoms with Crippen LogP contribution in [0.15, 0.2) is 48.5 Å². The molecule has 2 aromatic rings. The zero-order chi connectivity index (χ0) is 19.8. The van der Waals surface area contributed by atoms with Gasteiger partial charge < -0.3 is 4.74 Å². The molecule has 0 spiro atoms. The van der Waals surface area contributed by atoms with Crippen LogP contribution in [0, 0.1) is 6.92 Å². The topological polar surface area (TPSA) is 67.4 Å². The van der Waals surface area contributed by atoms with E-state index in [0.29, 0.717) is 16.7 Å². The fourth-order valence-electron chi connectivity index (χ4n) is 2.23. The fraction of sp³-hybridized carbons (Fsp3) is 0.238. The molecule has 2 N–H and O–H groups in total. The van der Waals surface area contributed by atoms with Gasteiger partial charge in [0.25, 0.3) is 11.8 Å². The minimum Gasteiger partial charge on any atom is -0.484 e. The molecule has 2 aromatic carbocycles. The summed E-state index contributed by atoms with van der Waals surface area (Å²) >= 11 is 5.93. The van der Waals surface area contributed by atoms with Crippen molar-refractivity contribution >= 4 is 29.5 Å². The summed E-state index contributed by atoms with van der Waals surface area (Å²) in [7, 11) is 0. The van der Waals surface area contributed by atoms with E-state index in [-0.39, 0.29) is 6.61 Å². The van der Waals surface area contributed by atoms with E-state index in [1.165, 1.54) is 11.6 Å². The molecular weight excluding hydrogens is 364 g/mol. The number of hydrogen-bond donors (Lipinski definition) is 2. The van der Waals surface area contributed by atoms with Gasteiger partial charge in [-0.05, 0) is 53.8 Å². The number of nitrogens with one attached hydrogen (secondary N) is 2. The molecule has 0 atom stereocenters. The Morgan fingerprint density at radius 3 is 2.44 bits per heavy atom. The second-order valence-electron chi connectivity index (χ2n) is 6.39. The van der Waals surface area contributed by atoms with Crippen LogP contribution in [-0.4, -0.2) is 18.4 Å². The molecule has 0 unspecified atom stereocenters. The first-order valence-corrected chi connectivity index (χ1v) is 8.99. The molecule has 0 heterocycles. The molecule has 0 aliphatic heterocycles. The van der Waals surface area contributed by atoms with Crippen molar-refractivity contribution in [3.05, 3.63) is 70.3 Å². The average molecular weight is 387 g/mol. The van der Waals surface area contributed by atoms with Gasteiger partial charge in [0.2, 0.25) is 0 Å². The standard InChI is InChI=1S/C21H23ClN2O3/c1-14(2)17-7-4-16(5-8-17)6-11-20(25)23-24-21(26)13-27-18-9-10-19(22)15(3)12-18/h4-12,14H,13H2,1-3H3,(H,23,25)(H,24,26)/b11-6+. The van der Waals surface area contributed by atoms with Crippen molar-refractivity contribution in [2.24, 2.45) is 0 Å². The SMILES string of the molecule is Cc1cc(OCC(=O)NNC(=O)/C=C/c2ccc(C(C)C)cc2)ccc1Cl. The Bertz CT molecular complexity index is 830. The average Bonchev–Trinajstić information content (AvgIpc) is 2.66. The molecule has 0 bridgehead atoms. The lowest BCUT2D eigenvalue weighted by Crippen LogP contribution is -2.43. The van der Waals surface area contributed by atoms with Gasteiger partial charge in [-0.1, -0.05) is 49.7 Å². The summed E-state index contributed by atoms with van der Waals surface area (Å²) < 4.78 is 5.36. The largest absolute Gasteiger partial charge is 0.484 e. The Hall–Kier alpha value is -2.79. The van der Waals surface area contributed by atoms with Crippen LogP contribution in [-0.2, 0) is 9.59 Å². The molecule has 5 nitrogen and oxygen atoms in total. The van der Waals surface area contributed by atoms with E-state index in [4.69, 9.17) is 16.3 Å². The monoisotopic (exact) mass is 386 g/mol. The third kappa shape index (κ3) is 6.79. The van der Waals surface area contributed by atoms with Crippen LogP contribution in [0.1, 0.15) is 36.5 Å². The van der Waals surface area contributed by atoms with E-state index < -0.39 is 11.8 Å². The van der Waals surface area contributed by atoms with Crippen molar-refractivity contribution < 1.29 is 14.3 Å². The van der Waals surface area contributed by atoms with Crippen molar-refractivity contribution in [3.63, 3.8) is 0 Å². The van der Waals surface area contributed by atoms with Crippen LogP contribution in [0.3, 0.4) is 0 Å². The Morgan fingerprint density at radius 2 is 1.81 bits per heavy atom. The maximum absolute atomic E-state index is 11.8. The van der Waals surface area contributed by atoms with Crippen molar-refractivity contribution in [2.45, 2.75) is 26.7 Å². The van der Waals surface area contributed by atoms with Gasteiger partial charge in [0.1, 0.15) is 5.75 Å². The number of hydrazine groups is 1. The number of carbonyl (C=O) groups is 2. The molecule has 0 aliphatic carbocycles. The number of ether oxygens (including phenoxy) is 1. The van der Waals surface area contributed by atoms with E-state index in [0.717, 1.165) is 11.1 Å². The van der Waals surface area contributed by atoms with Gasteiger partial charge in [-0.2, -0.15) is 0 Å². The lowest BCUT2D eigenvalue weighted by atomic mass is 10.0. The molecule has 0 fully saturated rings. The van der Waals surface area contributed by atoms with E-state index in [1.54, 1.807) is 24.3 Å². The predicted octanol–water partition coefficient (Wildman–Crippen LogP) is 4.01. The Labute approximate surface area is 164 Å². The molecule has 0 radical (unpaired) electrons. The maximum Gasteiger partial charge on any atom is 0.276 e. The zero-order valence-electron chi connectivity index (χ0n) is 15.6. The summed E-state index contributed by atoms with van der Waals surface area (Å²) in [5.74, 6) is 0.0907. The van der Waals surface area contributed by atoms with Crippen molar-refractivity contribution in [3.8, 4) is 5.75 Å². The normalized spacial score (nSPS) is 10.9. The minimum absolute atomic E-state index is 0.221. The first kappa shape index (κ1) is 20.5. The predicted molar refractivity (Wildman–Crippen MR) is 108 cm³/mol. The molecule has 0 saturated carbocycles. The van der Waals surface area contributed by atoms with Crippen LogP contribution in [0.5, 0.6) is 5.75 Å². The summed E-state index contributed by atoms with van der Waals surface area (Å²) in [5, 5.41) is 0.629. The van der Waals surface area contributed by atoms with Crippen molar-refractivity contribution in [2.75, 3.05) is 6.61 Å². The first-order valence-electron chi connectivity index (χ1n) is 8.61. The highest BCUT2D eigenvalue weighted by atomic mass is 35.5. The Morgan fingerprint density at radius 1 is 1.11 bits per heavy atom. The van der Waals surface area contributed by atoms with Gasteiger partial charge in [0, 0.05) is 11.1 Å². The highest BCUT2D eigenvalue weighted by Crippen LogP contribution is 2.20. The van der Waals surface area contributed by atoms with Crippen LogP contribution >= 0.6 is 11.6 Å². The van der Waals surface area contributed by atoms with Crippen molar-refractivity contribution in [1.82, 2.24) is 10.9 Å². The van der Waals surface area contributed by atoms with E-state index >= 15 is 0 Å². The Balaban J connectivity index is 1.75. The Kier molecular flexibility index (Phi) is 7.44. The van der Waals surface area contributed by atoms with Crippen molar-refractivity contribution in [1.29, 1.82) is 0 Å². The summed E-state index contributed by atoms with van der Waals surface area (Å²) in [5.41, 5.74) is 7.61. The molecular formula is C21H23ClN2O3. The molecule has 0 aliphatic rings. The van der Waals surface area contributed by atoms with E-state index in [9.17, 15) is 9.59 Å². The lowest BCUT2D eigenvalue weighted by molar-refractivity contribution is -0.128. The first-order chi connectivity index (χ1) is 12.8. The van der Waals surface area contributed by atoms with Gasteiger partial charge >= 0.3 is 0 Å². The third-order valence-electron chi connectivity index (χ3n) is 3.85. The number of hydrogen-bond acceptors (Lipinski definition) is 3. The maximum atomic E-state index is 11.8. The molecule has 0 saturated heterocycles. The molecule has 27 heavy (non-hydrogen) atoms. The number of halogens is 1. The fourth-order valence-corrected chi connectivity index (χ4v) is 2.35. The smallest absolute Gasteiger partial charge is 0.276 e. The number of benzene rings is 2. The number of carbonyl (C=O) groups excluding carboxylic acids is 2. The summed E-state index contributed by atoms with van der Waals surface area (Å²) in [6.45, 7) is 5.87. The van der Waals surface area contributed by atoms with Gasteiger partial charge in [-0.15, -0.1) is 0 Å². The summed E-state index contributed by atoms with van der Waals surface area (Å²) in [6.07, 6.45) is 3.03. The van der Waals surface area contributed by atoms with Gasteiger partial charge in [-0.3, -0.25) is 20.4 Å². The van der Waals surface area contributed by atoms with Gasteiger partial charge in [0.05, 0.1) is 0 Å². The highest BCUT2D eigenvalue weighted by molar-refractivity contribution is 6.31. The number of amides is 2. The lowest BCUT2D eigenvalue weighted by Gasteiger charge is -2.08. The summed E-state index contributed by atoms with van der Waals surface area (Å²) in [6, 6.07) is 13.1. The molecule has 2 amide bonds. The second-order valence-corrected chi connectivity index (χ2v) is 6.80. The van der Waals surface area contributed by atoms with Crippen LogP contribution in [0.4, 0.5) is 0 Å². The molecule has 0 aromatic heterocycles. The van der Waals surface area contributed by atoms with Crippen LogP contribution in [0.2, 0.25) is 5.02 Å². The second kappa shape index (κ2) is 9.78. The highest BCUT2D eigenvalue weighted by Gasteiger charge is 2.05. The number of rotatable bonds is 6. The van der Waals surface area contributed by atoms with E-state index in [2.05, 4.69) is 24.7 Å². The van der Waals surface area contributed by atoms with E-state index in [1.807, 2.05) is 31.2 Å². The van der Waals surface area contributed by atoms with Gasteiger partial charge in [-0.25, -0.2) is 0 Å². The number of aryl methyl sites for hydroxylation is 1. The quantitative estimate of drug-likeness (QED) is 0.582. The zero-order valence-corrected chi connectivity index (χ0v) is 16.3. The molecule has 2 rings (SSSR count). The summed E-state index contributed by atoms with van der Waals surface area (Å²) in [4.78, 5) is 23.5. The van der Waals surface area contributed by atoms with Crippen LogP contribution in [0.25, 0.3) is 6.08 Å². The van der Waals surface area contributed by atoms with Crippen LogP contribution < -0.4 is 15.6 Å². The minimum atomic E-state index is -0.467. The third-order valence-corrected chi connectivity index (χ3v) is 4.28. The molecule has 142 valence electrons. The molecule has 6 heteroatoms.